The number of hydrogen-bond donors (Lipinski definition) is 2. The van der Waals surface area contributed by atoms with E-state index in [9.17, 15) is 4.79 Å². The second kappa shape index (κ2) is 3.30. The fourth-order valence-corrected chi connectivity index (χ4v) is 0.871. The monoisotopic (exact) mass is 175 g/mol. The van der Waals surface area contributed by atoms with Gasteiger partial charge in [0, 0.05) is 6.20 Å². The molecular weight excluding hydrogens is 166 g/mol. The molecule has 62 valence electrons. The second-order valence-corrected chi connectivity index (χ2v) is 2.12. The van der Waals surface area contributed by atoms with Crippen molar-refractivity contribution in [1.29, 1.82) is 0 Å². The first kappa shape index (κ1) is 9.84. The molecule has 0 aliphatic rings. The maximum atomic E-state index is 10.6. The van der Waals surface area contributed by atoms with Crippen LogP contribution in [0.25, 0.3) is 0 Å². The molecule has 0 spiro atoms. The lowest BCUT2D eigenvalue weighted by molar-refractivity contribution is 0.0992. The van der Waals surface area contributed by atoms with Gasteiger partial charge in [0.1, 0.15) is 5.69 Å². The first-order valence-corrected chi connectivity index (χ1v) is 2.85. The number of carbonyl (C=O) groups is 1. The van der Waals surface area contributed by atoms with Crippen LogP contribution in [0, 0.1) is 6.92 Å². The molecule has 11 heavy (non-hydrogen) atoms. The SMILES string of the molecule is Cc1ccn(N)c1C(N)=O.Cl. The number of hydrogen-bond acceptors (Lipinski definition) is 2. The largest absolute Gasteiger partial charge is 0.364 e. The molecule has 1 rings (SSSR count). The fraction of sp³-hybridized carbons (Fsp3) is 0.167. The fourth-order valence-electron chi connectivity index (χ4n) is 0.871. The van der Waals surface area contributed by atoms with Gasteiger partial charge < -0.3 is 11.6 Å². The quantitative estimate of drug-likeness (QED) is 0.591. The molecule has 0 aliphatic carbocycles. The lowest BCUT2D eigenvalue weighted by Gasteiger charge is -1.97. The molecule has 1 amide bonds. The number of nitrogens with zero attached hydrogens (tertiary/aromatic N) is 1. The normalized spacial score (nSPS) is 8.82. The molecule has 1 aromatic heterocycles. The Hall–Kier alpha value is -1.16. The number of rotatable bonds is 1. The predicted octanol–water partition coefficient (Wildman–Crippen LogP) is 0.0310. The molecule has 1 aromatic rings. The number of primary amides is 1. The maximum Gasteiger partial charge on any atom is 0.267 e. The zero-order chi connectivity index (χ0) is 7.72. The van der Waals surface area contributed by atoms with Crippen LogP contribution >= 0.6 is 12.4 Å². The molecule has 0 aliphatic heterocycles. The third kappa shape index (κ3) is 1.65. The van der Waals surface area contributed by atoms with Crippen molar-refractivity contribution in [3.8, 4) is 0 Å². The second-order valence-electron chi connectivity index (χ2n) is 2.12. The Kier molecular flexibility index (Phi) is 2.95. The van der Waals surface area contributed by atoms with Gasteiger partial charge in [-0.3, -0.25) is 9.47 Å². The van der Waals surface area contributed by atoms with Crippen molar-refractivity contribution >= 4 is 18.3 Å². The van der Waals surface area contributed by atoms with E-state index >= 15 is 0 Å². The molecule has 5 heteroatoms. The number of aromatic nitrogens is 1. The Bertz CT molecular complexity index is 249. The van der Waals surface area contributed by atoms with Crippen molar-refractivity contribution in [2.24, 2.45) is 5.73 Å². The zero-order valence-electron chi connectivity index (χ0n) is 6.07. The standard InChI is InChI=1S/C6H9N3O.ClH/c1-4-2-3-9(8)5(4)6(7)10;/h2-3H,8H2,1H3,(H2,7,10);1H. The summed E-state index contributed by atoms with van der Waals surface area (Å²) in [5, 5.41) is 0. The minimum absolute atomic E-state index is 0. The Balaban J connectivity index is 0.000001000. The summed E-state index contributed by atoms with van der Waals surface area (Å²) < 4.78 is 1.22. The van der Waals surface area contributed by atoms with Crippen molar-refractivity contribution < 1.29 is 4.79 Å². The Labute approximate surface area is 70.5 Å². The molecule has 0 unspecified atom stereocenters. The summed E-state index contributed by atoms with van der Waals surface area (Å²) >= 11 is 0. The third-order valence-electron chi connectivity index (χ3n) is 1.35. The van der Waals surface area contributed by atoms with Gasteiger partial charge in [0.15, 0.2) is 0 Å². The van der Waals surface area contributed by atoms with Crippen LogP contribution in [0.3, 0.4) is 0 Å². The topological polar surface area (TPSA) is 74.0 Å². The van der Waals surface area contributed by atoms with E-state index in [4.69, 9.17) is 11.6 Å². The van der Waals surface area contributed by atoms with Gasteiger partial charge in [-0.2, -0.15) is 0 Å². The van der Waals surface area contributed by atoms with E-state index in [0.717, 1.165) is 5.56 Å². The van der Waals surface area contributed by atoms with Gasteiger partial charge in [-0.05, 0) is 18.6 Å². The van der Waals surface area contributed by atoms with Crippen molar-refractivity contribution in [2.45, 2.75) is 6.92 Å². The average Bonchev–Trinajstić information content (AvgIpc) is 2.11. The summed E-state index contributed by atoms with van der Waals surface area (Å²) in [6.45, 7) is 1.78. The minimum atomic E-state index is -0.495. The summed E-state index contributed by atoms with van der Waals surface area (Å²) in [5.74, 6) is 4.86. The van der Waals surface area contributed by atoms with E-state index in [-0.39, 0.29) is 12.4 Å². The van der Waals surface area contributed by atoms with Crippen LogP contribution in [-0.4, -0.2) is 10.6 Å². The van der Waals surface area contributed by atoms with Crippen molar-refractivity contribution in [3.63, 3.8) is 0 Å². The number of carbonyl (C=O) groups excluding carboxylic acids is 1. The summed E-state index contributed by atoms with van der Waals surface area (Å²) in [5.41, 5.74) is 6.18. The number of aryl methyl sites for hydroxylation is 1. The van der Waals surface area contributed by atoms with E-state index in [0.29, 0.717) is 5.69 Å². The molecule has 4 nitrogen and oxygen atoms in total. The first-order chi connectivity index (χ1) is 4.63. The highest BCUT2D eigenvalue weighted by molar-refractivity contribution is 5.92. The summed E-state index contributed by atoms with van der Waals surface area (Å²) in [6, 6.07) is 1.74. The Morgan fingerprint density at radius 2 is 2.18 bits per heavy atom. The van der Waals surface area contributed by atoms with Crippen LogP contribution in [0.5, 0.6) is 0 Å². The third-order valence-corrected chi connectivity index (χ3v) is 1.35. The van der Waals surface area contributed by atoms with Gasteiger partial charge in [-0.1, -0.05) is 0 Å². The van der Waals surface area contributed by atoms with E-state index in [2.05, 4.69) is 0 Å². The number of nitrogen functional groups attached to an aromatic ring is 1. The van der Waals surface area contributed by atoms with Crippen LogP contribution in [0.1, 0.15) is 16.1 Å². The van der Waals surface area contributed by atoms with Crippen LogP contribution < -0.4 is 11.6 Å². The highest BCUT2D eigenvalue weighted by Crippen LogP contribution is 2.04. The van der Waals surface area contributed by atoms with E-state index in [1.165, 1.54) is 4.68 Å². The van der Waals surface area contributed by atoms with Gasteiger partial charge in [0.2, 0.25) is 0 Å². The van der Waals surface area contributed by atoms with Crippen LogP contribution in [0.2, 0.25) is 0 Å². The lowest BCUT2D eigenvalue weighted by atomic mass is 10.3. The maximum absolute atomic E-state index is 10.6. The number of amides is 1. The minimum Gasteiger partial charge on any atom is -0.364 e. The molecule has 0 bridgehead atoms. The van der Waals surface area contributed by atoms with Gasteiger partial charge in [-0.25, -0.2) is 0 Å². The van der Waals surface area contributed by atoms with E-state index in [1.807, 2.05) is 0 Å². The molecular formula is C6H10ClN3O. The molecule has 1 heterocycles. The van der Waals surface area contributed by atoms with E-state index < -0.39 is 5.91 Å². The van der Waals surface area contributed by atoms with Crippen LogP contribution in [0.4, 0.5) is 0 Å². The molecule has 0 saturated heterocycles. The molecule has 0 fully saturated rings. The van der Waals surface area contributed by atoms with Crippen LogP contribution in [0.15, 0.2) is 12.3 Å². The molecule has 0 radical (unpaired) electrons. The highest BCUT2D eigenvalue weighted by atomic mass is 35.5. The van der Waals surface area contributed by atoms with Gasteiger partial charge in [-0.15, -0.1) is 12.4 Å². The molecule has 0 aromatic carbocycles. The average molecular weight is 176 g/mol. The predicted molar refractivity (Wildman–Crippen MR) is 45.1 cm³/mol. The highest BCUT2D eigenvalue weighted by Gasteiger charge is 2.07. The molecule has 4 N–H and O–H groups in total. The van der Waals surface area contributed by atoms with Crippen LogP contribution in [-0.2, 0) is 0 Å². The Morgan fingerprint density at radius 3 is 2.36 bits per heavy atom. The molecule has 0 atom stereocenters. The Morgan fingerprint density at radius 1 is 1.64 bits per heavy atom. The van der Waals surface area contributed by atoms with E-state index in [1.54, 1.807) is 19.2 Å². The number of halogens is 1. The smallest absolute Gasteiger partial charge is 0.267 e. The summed E-state index contributed by atoms with van der Waals surface area (Å²) in [7, 11) is 0. The van der Waals surface area contributed by atoms with Gasteiger partial charge in [0.05, 0.1) is 0 Å². The zero-order valence-corrected chi connectivity index (χ0v) is 6.89. The summed E-state index contributed by atoms with van der Waals surface area (Å²) in [6.07, 6.45) is 1.59. The van der Waals surface area contributed by atoms with Crippen molar-refractivity contribution in [3.05, 3.63) is 23.5 Å². The number of nitrogens with two attached hydrogens (primary N) is 2. The lowest BCUT2D eigenvalue weighted by Crippen LogP contribution is -2.21. The van der Waals surface area contributed by atoms with Crippen molar-refractivity contribution in [2.75, 3.05) is 5.84 Å². The first-order valence-electron chi connectivity index (χ1n) is 2.85. The van der Waals surface area contributed by atoms with Crippen molar-refractivity contribution in [1.82, 2.24) is 4.68 Å². The van der Waals surface area contributed by atoms with Gasteiger partial charge in [0.25, 0.3) is 5.91 Å². The molecule has 0 saturated carbocycles. The van der Waals surface area contributed by atoms with Gasteiger partial charge >= 0.3 is 0 Å². The summed E-state index contributed by atoms with van der Waals surface area (Å²) in [4.78, 5) is 10.6.